The van der Waals surface area contributed by atoms with Crippen molar-refractivity contribution in [1.29, 1.82) is 0 Å². The maximum atomic E-state index is 12.2. The van der Waals surface area contributed by atoms with Gasteiger partial charge in [-0.15, -0.1) is 0 Å². The van der Waals surface area contributed by atoms with Crippen LogP contribution >= 0.6 is 0 Å². The number of hydrogen-bond acceptors (Lipinski definition) is 5. The van der Waals surface area contributed by atoms with Crippen molar-refractivity contribution in [2.45, 2.75) is 51.4 Å². The maximum absolute atomic E-state index is 12.2. The lowest BCUT2D eigenvalue weighted by atomic mass is 10.0. The van der Waals surface area contributed by atoms with Gasteiger partial charge in [0.05, 0.1) is 6.54 Å². The average Bonchev–Trinajstić information content (AvgIpc) is 2.88. The second kappa shape index (κ2) is 6.38. The van der Waals surface area contributed by atoms with Crippen LogP contribution in [0.25, 0.3) is 0 Å². The summed E-state index contributed by atoms with van der Waals surface area (Å²) < 4.78 is 11.3. The maximum Gasteiger partial charge on any atom is 0.411 e. The van der Waals surface area contributed by atoms with Gasteiger partial charge in [-0.2, -0.15) is 0 Å². The van der Waals surface area contributed by atoms with Crippen molar-refractivity contribution in [1.82, 2.24) is 10.2 Å². The summed E-state index contributed by atoms with van der Waals surface area (Å²) in [5.74, 6) is -0.0587. The Hall–Kier alpha value is -2.57. The van der Waals surface area contributed by atoms with Gasteiger partial charge in [-0.25, -0.2) is 4.79 Å². The van der Waals surface area contributed by atoms with Crippen LogP contribution in [0.2, 0.25) is 0 Å². The molecule has 0 aromatic heterocycles. The summed E-state index contributed by atoms with van der Waals surface area (Å²) >= 11 is 0. The highest BCUT2D eigenvalue weighted by atomic mass is 16.6. The van der Waals surface area contributed by atoms with Crippen molar-refractivity contribution in [2.75, 3.05) is 6.54 Å². The molecule has 1 aromatic rings. The molecule has 0 saturated carbocycles. The standard InChI is InChI=1S/C18H22N2O5/c1-18(2,3)25-12-6-4-5-11(9-12)14-10-20(17(23)24-14)13-7-8-15(21)19-16(13)22/h4-6,9,13-14H,7-8,10H2,1-3H3,(H,19,21,22). The van der Waals surface area contributed by atoms with Gasteiger partial charge in [0.15, 0.2) is 0 Å². The zero-order valence-electron chi connectivity index (χ0n) is 14.6. The van der Waals surface area contributed by atoms with E-state index in [-0.39, 0.29) is 24.5 Å². The molecule has 1 aromatic carbocycles. The van der Waals surface area contributed by atoms with Crippen molar-refractivity contribution >= 4 is 17.9 Å². The van der Waals surface area contributed by atoms with Crippen molar-refractivity contribution in [3.05, 3.63) is 29.8 Å². The molecule has 0 radical (unpaired) electrons. The molecule has 2 unspecified atom stereocenters. The number of hydrogen-bond donors (Lipinski definition) is 1. The average molecular weight is 346 g/mol. The number of ether oxygens (including phenoxy) is 2. The molecule has 2 saturated heterocycles. The molecule has 134 valence electrons. The highest BCUT2D eigenvalue weighted by molar-refractivity contribution is 6.01. The second-order valence-corrected chi connectivity index (χ2v) is 7.28. The number of nitrogens with one attached hydrogen (secondary N) is 1. The van der Waals surface area contributed by atoms with E-state index in [0.717, 1.165) is 5.56 Å². The number of nitrogens with zero attached hydrogens (tertiary/aromatic N) is 1. The van der Waals surface area contributed by atoms with E-state index in [9.17, 15) is 14.4 Å². The molecule has 1 N–H and O–H groups in total. The van der Waals surface area contributed by atoms with E-state index >= 15 is 0 Å². The lowest BCUT2D eigenvalue weighted by Gasteiger charge is -2.27. The largest absolute Gasteiger partial charge is 0.488 e. The van der Waals surface area contributed by atoms with E-state index in [1.165, 1.54) is 4.90 Å². The second-order valence-electron chi connectivity index (χ2n) is 7.28. The Kier molecular flexibility index (Phi) is 4.41. The Morgan fingerprint density at radius 1 is 1.24 bits per heavy atom. The Balaban J connectivity index is 1.73. The molecule has 3 rings (SSSR count). The highest BCUT2D eigenvalue weighted by Gasteiger charge is 2.42. The third kappa shape index (κ3) is 3.92. The van der Waals surface area contributed by atoms with Crippen molar-refractivity contribution in [3.8, 4) is 5.75 Å². The smallest absolute Gasteiger partial charge is 0.411 e. The van der Waals surface area contributed by atoms with Crippen molar-refractivity contribution in [3.63, 3.8) is 0 Å². The molecule has 0 spiro atoms. The fourth-order valence-electron chi connectivity index (χ4n) is 3.02. The van der Waals surface area contributed by atoms with Crippen LogP contribution in [0.1, 0.15) is 45.3 Å². The van der Waals surface area contributed by atoms with Crippen molar-refractivity contribution in [2.24, 2.45) is 0 Å². The van der Waals surface area contributed by atoms with E-state index in [2.05, 4.69) is 5.32 Å². The van der Waals surface area contributed by atoms with Gasteiger partial charge >= 0.3 is 6.09 Å². The predicted molar refractivity (Wildman–Crippen MR) is 88.9 cm³/mol. The fraction of sp³-hybridized carbons (Fsp3) is 0.500. The van der Waals surface area contributed by atoms with E-state index in [0.29, 0.717) is 12.2 Å². The normalized spacial score (nSPS) is 24.1. The van der Waals surface area contributed by atoms with Gasteiger partial charge in [0.1, 0.15) is 23.5 Å². The van der Waals surface area contributed by atoms with Crippen LogP contribution in [0.5, 0.6) is 5.75 Å². The van der Waals surface area contributed by atoms with Gasteiger partial charge in [0.25, 0.3) is 0 Å². The predicted octanol–water partition coefficient (Wildman–Crippen LogP) is 2.16. The summed E-state index contributed by atoms with van der Waals surface area (Å²) in [7, 11) is 0. The molecule has 2 aliphatic rings. The monoisotopic (exact) mass is 346 g/mol. The van der Waals surface area contributed by atoms with Crippen LogP contribution in [-0.2, 0) is 14.3 Å². The minimum atomic E-state index is -0.663. The molecule has 7 heteroatoms. The van der Waals surface area contributed by atoms with Crippen LogP contribution in [-0.4, -0.2) is 41.0 Å². The number of carbonyl (C=O) groups excluding carboxylic acids is 3. The van der Waals surface area contributed by atoms with E-state index in [1.54, 1.807) is 0 Å². The summed E-state index contributed by atoms with van der Waals surface area (Å²) in [5.41, 5.74) is 0.480. The molecule has 2 atom stereocenters. The highest BCUT2D eigenvalue weighted by Crippen LogP contribution is 2.31. The topological polar surface area (TPSA) is 84.9 Å². The molecule has 2 heterocycles. The van der Waals surface area contributed by atoms with Crippen LogP contribution in [0, 0.1) is 0 Å². The Labute approximate surface area is 146 Å². The third-order valence-corrected chi connectivity index (χ3v) is 4.08. The van der Waals surface area contributed by atoms with Crippen LogP contribution in [0.15, 0.2) is 24.3 Å². The quantitative estimate of drug-likeness (QED) is 0.848. The first-order valence-electron chi connectivity index (χ1n) is 8.33. The Morgan fingerprint density at radius 2 is 2.00 bits per heavy atom. The van der Waals surface area contributed by atoms with Gasteiger partial charge in [0.2, 0.25) is 11.8 Å². The number of carbonyl (C=O) groups is 3. The lowest BCUT2D eigenvalue weighted by molar-refractivity contribution is -0.136. The number of piperidine rings is 1. The summed E-state index contributed by atoms with van der Waals surface area (Å²) in [6.07, 6.45) is -0.470. The first-order valence-corrected chi connectivity index (χ1v) is 8.33. The number of cyclic esters (lactones) is 1. The molecule has 3 amide bonds. The van der Waals surface area contributed by atoms with Crippen molar-refractivity contribution < 1.29 is 23.9 Å². The zero-order chi connectivity index (χ0) is 18.2. The Morgan fingerprint density at radius 3 is 2.68 bits per heavy atom. The van der Waals surface area contributed by atoms with E-state index in [1.807, 2.05) is 45.0 Å². The van der Waals surface area contributed by atoms with E-state index in [4.69, 9.17) is 9.47 Å². The third-order valence-electron chi connectivity index (χ3n) is 4.08. The lowest BCUT2D eigenvalue weighted by Crippen LogP contribution is -2.52. The number of benzene rings is 1. The van der Waals surface area contributed by atoms with Crippen LogP contribution in [0.3, 0.4) is 0 Å². The molecule has 2 aliphatic heterocycles. The SMILES string of the molecule is CC(C)(C)Oc1cccc(C2CN(C3CCC(=O)NC3=O)C(=O)O2)c1. The minimum Gasteiger partial charge on any atom is -0.488 e. The molecule has 25 heavy (non-hydrogen) atoms. The Bertz CT molecular complexity index is 710. The van der Waals surface area contributed by atoms with Gasteiger partial charge in [0, 0.05) is 6.42 Å². The first-order chi connectivity index (χ1) is 11.7. The summed E-state index contributed by atoms with van der Waals surface area (Å²) in [6, 6.07) is 6.74. The van der Waals surface area contributed by atoms with Gasteiger partial charge in [-0.05, 0) is 44.9 Å². The summed E-state index contributed by atoms with van der Waals surface area (Å²) in [5, 5.41) is 2.27. The first kappa shape index (κ1) is 17.3. The molecule has 0 bridgehead atoms. The van der Waals surface area contributed by atoms with E-state index < -0.39 is 24.1 Å². The molecule has 2 fully saturated rings. The summed E-state index contributed by atoms with van der Waals surface area (Å²) in [4.78, 5) is 36.9. The molecule has 7 nitrogen and oxygen atoms in total. The molecular weight excluding hydrogens is 324 g/mol. The summed E-state index contributed by atoms with van der Waals surface area (Å²) in [6.45, 7) is 6.14. The van der Waals surface area contributed by atoms with Crippen LogP contribution in [0.4, 0.5) is 4.79 Å². The van der Waals surface area contributed by atoms with Crippen LogP contribution < -0.4 is 10.1 Å². The minimum absolute atomic E-state index is 0.222. The molecule has 0 aliphatic carbocycles. The van der Waals surface area contributed by atoms with Gasteiger partial charge < -0.3 is 9.47 Å². The van der Waals surface area contributed by atoms with Gasteiger partial charge in [-0.3, -0.25) is 19.8 Å². The number of imide groups is 1. The zero-order valence-corrected chi connectivity index (χ0v) is 14.6. The fourth-order valence-corrected chi connectivity index (χ4v) is 3.02. The number of rotatable bonds is 3. The van der Waals surface area contributed by atoms with Gasteiger partial charge in [-0.1, -0.05) is 12.1 Å². The molecular formula is C18H22N2O5. The number of amides is 3.